The summed E-state index contributed by atoms with van der Waals surface area (Å²) in [5.41, 5.74) is 0. The number of nitrogens with one attached hydrogen (secondary N) is 1. The van der Waals surface area contributed by atoms with Gasteiger partial charge in [-0.25, -0.2) is 0 Å². The van der Waals surface area contributed by atoms with E-state index >= 15 is 0 Å². The largest absolute Gasteiger partial charge is 0.311 e. The normalized spacial score (nSPS) is 24.5. The van der Waals surface area contributed by atoms with E-state index in [0.717, 1.165) is 5.92 Å². The van der Waals surface area contributed by atoms with Crippen molar-refractivity contribution in [2.75, 3.05) is 12.8 Å². The number of rotatable bonds is 8. The zero-order valence-corrected chi connectivity index (χ0v) is 12.5. The predicted octanol–water partition coefficient (Wildman–Crippen LogP) is 4.01. The molecule has 3 atom stereocenters. The molecule has 1 heterocycles. The van der Waals surface area contributed by atoms with Gasteiger partial charge in [0, 0.05) is 12.3 Å². The Morgan fingerprint density at radius 2 is 2.18 bits per heavy atom. The lowest BCUT2D eigenvalue weighted by Gasteiger charge is -2.35. The van der Waals surface area contributed by atoms with Gasteiger partial charge >= 0.3 is 0 Å². The first-order chi connectivity index (χ1) is 8.33. The Labute approximate surface area is 111 Å². The van der Waals surface area contributed by atoms with Crippen LogP contribution in [0.3, 0.4) is 0 Å². The molecule has 0 saturated carbocycles. The Balaban J connectivity index is 2.53. The summed E-state index contributed by atoms with van der Waals surface area (Å²) in [6, 6.07) is 0.581. The molecule has 1 N–H and O–H groups in total. The average molecular weight is 259 g/mol. The molecule has 0 aliphatic carbocycles. The van der Waals surface area contributed by atoms with Crippen LogP contribution in [-0.4, -0.2) is 24.9 Å². The SMILES string of the molecule is CCCCC(CC)C(OSC)C1CCCCN1. The fourth-order valence-electron chi connectivity index (χ4n) is 2.81. The van der Waals surface area contributed by atoms with E-state index in [1.54, 1.807) is 12.0 Å². The maximum Gasteiger partial charge on any atom is 0.0902 e. The molecule has 0 aromatic rings. The summed E-state index contributed by atoms with van der Waals surface area (Å²) in [6.45, 7) is 5.75. The highest BCUT2D eigenvalue weighted by molar-refractivity contribution is 7.93. The third-order valence-electron chi connectivity index (χ3n) is 3.87. The summed E-state index contributed by atoms with van der Waals surface area (Å²) in [6.07, 6.45) is 11.6. The topological polar surface area (TPSA) is 21.3 Å². The number of hydrogen-bond donors (Lipinski definition) is 1. The van der Waals surface area contributed by atoms with Crippen LogP contribution in [0.25, 0.3) is 0 Å². The first kappa shape index (κ1) is 15.3. The van der Waals surface area contributed by atoms with Gasteiger partial charge in [0.05, 0.1) is 6.10 Å². The van der Waals surface area contributed by atoms with E-state index in [9.17, 15) is 0 Å². The first-order valence-electron chi connectivity index (χ1n) is 7.26. The van der Waals surface area contributed by atoms with Crippen LogP contribution in [0.4, 0.5) is 0 Å². The van der Waals surface area contributed by atoms with Gasteiger partial charge in [-0.2, -0.15) is 0 Å². The second-order valence-electron chi connectivity index (χ2n) is 5.09. The van der Waals surface area contributed by atoms with Crippen LogP contribution in [0.2, 0.25) is 0 Å². The highest BCUT2D eigenvalue weighted by Gasteiger charge is 2.30. The van der Waals surface area contributed by atoms with Gasteiger partial charge in [0.25, 0.3) is 0 Å². The lowest BCUT2D eigenvalue weighted by atomic mass is 9.86. The van der Waals surface area contributed by atoms with Crippen LogP contribution in [0.5, 0.6) is 0 Å². The molecule has 1 fully saturated rings. The summed E-state index contributed by atoms with van der Waals surface area (Å²) in [7, 11) is 0. The molecule has 0 aromatic carbocycles. The molecular weight excluding hydrogens is 230 g/mol. The number of hydrogen-bond acceptors (Lipinski definition) is 3. The molecule has 1 aliphatic heterocycles. The van der Waals surface area contributed by atoms with Crippen LogP contribution in [0.1, 0.15) is 58.8 Å². The van der Waals surface area contributed by atoms with Crippen molar-refractivity contribution in [3.05, 3.63) is 0 Å². The van der Waals surface area contributed by atoms with Gasteiger partial charge in [-0.1, -0.05) is 39.5 Å². The average Bonchev–Trinajstić information content (AvgIpc) is 2.39. The molecule has 1 rings (SSSR count). The van der Waals surface area contributed by atoms with Crippen LogP contribution in [0, 0.1) is 5.92 Å². The van der Waals surface area contributed by atoms with Crippen LogP contribution < -0.4 is 5.32 Å². The first-order valence-corrected chi connectivity index (χ1v) is 8.41. The summed E-state index contributed by atoms with van der Waals surface area (Å²) in [5.74, 6) is 0.720. The van der Waals surface area contributed by atoms with E-state index in [1.807, 2.05) is 6.26 Å². The molecule has 17 heavy (non-hydrogen) atoms. The zero-order valence-electron chi connectivity index (χ0n) is 11.7. The fourth-order valence-corrected chi connectivity index (χ4v) is 3.32. The van der Waals surface area contributed by atoms with Crippen molar-refractivity contribution >= 4 is 12.0 Å². The molecule has 0 aromatic heterocycles. The lowest BCUT2D eigenvalue weighted by molar-refractivity contribution is 0.0934. The minimum absolute atomic E-state index is 0.404. The lowest BCUT2D eigenvalue weighted by Crippen LogP contribution is -2.47. The summed E-state index contributed by atoms with van der Waals surface area (Å²) in [4.78, 5) is 0. The van der Waals surface area contributed by atoms with Crippen molar-refractivity contribution < 1.29 is 4.18 Å². The van der Waals surface area contributed by atoms with Gasteiger partial charge in [-0.3, -0.25) is 0 Å². The van der Waals surface area contributed by atoms with Crippen molar-refractivity contribution in [2.45, 2.75) is 70.9 Å². The smallest absolute Gasteiger partial charge is 0.0902 e. The molecule has 1 aliphatic rings. The van der Waals surface area contributed by atoms with Crippen molar-refractivity contribution in [2.24, 2.45) is 5.92 Å². The molecule has 3 unspecified atom stereocenters. The van der Waals surface area contributed by atoms with Gasteiger partial charge in [-0.05, 0) is 43.8 Å². The molecule has 102 valence electrons. The molecule has 0 bridgehead atoms. The quantitative estimate of drug-likeness (QED) is 0.666. The molecule has 0 radical (unpaired) electrons. The molecule has 2 nitrogen and oxygen atoms in total. The Bertz CT molecular complexity index is 183. The number of unbranched alkanes of at least 4 members (excludes halogenated alkanes) is 1. The highest BCUT2D eigenvalue weighted by Crippen LogP contribution is 2.27. The third kappa shape index (κ3) is 5.19. The fraction of sp³-hybridized carbons (Fsp3) is 1.00. The van der Waals surface area contributed by atoms with Gasteiger partial charge in [0.1, 0.15) is 0 Å². The molecule has 3 heteroatoms. The highest BCUT2D eigenvalue weighted by atomic mass is 32.2. The Kier molecular flexibility index (Phi) is 8.33. The summed E-state index contributed by atoms with van der Waals surface area (Å²) in [5, 5.41) is 3.66. The van der Waals surface area contributed by atoms with Gasteiger partial charge in [0.15, 0.2) is 0 Å². The van der Waals surface area contributed by atoms with Gasteiger partial charge in [-0.15, -0.1) is 0 Å². The van der Waals surface area contributed by atoms with Crippen molar-refractivity contribution in [1.29, 1.82) is 0 Å². The van der Waals surface area contributed by atoms with Crippen LogP contribution in [-0.2, 0) is 4.18 Å². The Hall–Kier alpha value is 0.270. The maximum atomic E-state index is 5.99. The van der Waals surface area contributed by atoms with Gasteiger partial charge in [0.2, 0.25) is 0 Å². The second kappa shape index (κ2) is 9.23. The summed E-state index contributed by atoms with van der Waals surface area (Å²) < 4.78 is 5.99. The predicted molar refractivity (Wildman–Crippen MR) is 77.3 cm³/mol. The van der Waals surface area contributed by atoms with Gasteiger partial charge < -0.3 is 9.50 Å². The van der Waals surface area contributed by atoms with E-state index in [-0.39, 0.29) is 0 Å². The van der Waals surface area contributed by atoms with E-state index in [4.69, 9.17) is 4.18 Å². The van der Waals surface area contributed by atoms with Crippen LogP contribution >= 0.6 is 12.0 Å². The minimum Gasteiger partial charge on any atom is -0.311 e. The van der Waals surface area contributed by atoms with Crippen molar-refractivity contribution in [3.8, 4) is 0 Å². The summed E-state index contributed by atoms with van der Waals surface area (Å²) >= 11 is 1.54. The number of piperidine rings is 1. The third-order valence-corrected chi connectivity index (χ3v) is 4.28. The van der Waals surface area contributed by atoms with E-state index in [1.165, 1.54) is 51.5 Å². The van der Waals surface area contributed by atoms with Crippen molar-refractivity contribution in [3.63, 3.8) is 0 Å². The van der Waals surface area contributed by atoms with E-state index < -0.39 is 0 Å². The standard InChI is InChI=1S/C14H29NOS/c1-4-6-9-12(5-2)14(16-17-3)13-10-7-8-11-15-13/h12-15H,4-11H2,1-3H3. The molecular formula is C14H29NOS. The molecule has 0 amide bonds. The molecule has 0 spiro atoms. The van der Waals surface area contributed by atoms with E-state index in [2.05, 4.69) is 19.2 Å². The monoisotopic (exact) mass is 259 g/mol. The second-order valence-corrected chi connectivity index (χ2v) is 5.62. The zero-order chi connectivity index (χ0) is 12.5. The van der Waals surface area contributed by atoms with E-state index in [0.29, 0.717) is 12.1 Å². The minimum atomic E-state index is 0.404. The van der Waals surface area contributed by atoms with Crippen LogP contribution in [0.15, 0.2) is 0 Å². The molecule has 1 saturated heterocycles. The maximum absolute atomic E-state index is 5.99. The van der Waals surface area contributed by atoms with Crippen molar-refractivity contribution in [1.82, 2.24) is 5.32 Å². The Morgan fingerprint density at radius 1 is 1.35 bits per heavy atom. The Morgan fingerprint density at radius 3 is 2.71 bits per heavy atom.